The van der Waals surface area contributed by atoms with Crippen LogP contribution in [0.3, 0.4) is 0 Å². The average Bonchev–Trinajstić information content (AvgIpc) is 3.56. The zero-order valence-corrected chi connectivity index (χ0v) is 17.4. The lowest BCUT2D eigenvalue weighted by Crippen LogP contribution is -2.40. The maximum absolute atomic E-state index is 13.2. The Kier molecular flexibility index (Phi) is 4.12. The number of imide groups is 1. The van der Waals surface area contributed by atoms with Gasteiger partial charge in [-0.15, -0.1) is 0 Å². The van der Waals surface area contributed by atoms with E-state index in [9.17, 15) is 14.4 Å². The number of carbonyl (C=O) groups excluding carboxylic acids is 3. The number of ketones is 1. The fourth-order valence-corrected chi connectivity index (χ4v) is 5.90. The van der Waals surface area contributed by atoms with Crippen molar-refractivity contribution in [3.8, 4) is 5.75 Å². The molecule has 0 aromatic heterocycles. The molecule has 3 fully saturated rings. The highest BCUT2D eigenvalue weighted by Gasteiger charge is 2.67. The molecule has 6 atom stereocenters. The first-order valence-electron chi connectivity index (χ1n) is 10.6. The molecule has 1 saturated heterocycles. The number of rotatable bonds is 5. The Balaban J connectivity index is 1.16. The normalized spacial score (nSPS) is 32.1. The number of halogens is 1. The van der Waals surface area contributed by atoms with E-state index in [1.165, 1.54) is 4.90 Å². The number of nitrogens with zero attached hydrogens (tertiary/aromatic N) is 1. The molecule has 31 heavy (non-hydrogen) atoms. The average molecular weight is 434 g/mol. The van der Waals surface area contributed by atoms with Crippen molar-refractivity contribution < 1.29 is 19.1 Å². The zero-order valence-electron chi connectivity index (χ0n) is 16.6. The van der Waals surface area contributed by atoms with Gasteiger partial charge >= 0.3 is 0 Å². The Morgan fingerprint density at radius 3 is 2.06 bits per heavy atom. The second-order valence-corrected chi connectivity index (χ2v) is 9.32. The molecule has 2 amide bonds. The number of hydrogen-bond donors (Lipinski definition) is 0. The molecule has 2 aromatic carbocycles. The minimum atomic E-state index is -0.209. The molecule has 5 nitrogen and oxygen atoms in total. The van der Waals surface area contributed by atoms with Gasteiger partial charge in [0.05, 0.1) is 17.5 Å². The van der Waals surface area contributed by atoms with Gasteiger partial charge < -0.3 is 4.74 Å². The van der Waals surface area contributed by atoms with E-state index in [4.69, 9.17) is 16.3 Å². The van der Waals surface area contributed by atoms with Crippen LogP contribution in [-0.4, -0.2) is 24.2 Å². The van der Waals surface area contributed by atoms with Gasteiger partial charge in [-0.3, -0.25) is 19.3 Å². The molecule has 4 aliphatic carbocycles. The lowest BCUT2D eigenvalue weighted by molar-refractivity contribution is -0.124. The predicted octanol–water partition coefficient (Wildman–Crippen LogP) is 4.16. The first kappa shape index (κ1) is 18.8. The van der Waals surface area contributed by atoms with E-state index in [1.807, 2.05) is 0 Å². The van der Waals surface area contributed by atoms with Gasteiger partial charge in [0.2, 0.25) is 11.8 Å². The third kappa shape index (κ3) is 2.87. The second-order valence-electron chi connectivity index (χ2n) is 8.88. The summed E-state index contributed by atoms with van der Waals surface area (Å²) in [6, 6.07) is 13.5. The molecule has 1 heterocycles. The highest BCUT2D eigenvalue weighted by Crippen LogP contribution is 2.65. The molecule has 1 aliphatic heterocycles. The maximum atomic E-state index is 13.2. The molecular formula is C25H20ClNO4. The molecule has 2 bridgehead atoms. The van der Waals surface area contributed by atoms with Crippen molar-refractivity contribution >= 4 is 34.9 Å². The third-order valence-corrected chi connectivity index (χ3v) is 7.55. The number of allylic oxidation sites excluding steroid dienone is 2. The number of anilines is 1. The van der Waals surface area contributed by atoms with E-state index >= 15 is 0 Å². The summed E-state index contributed by atoms with van der Waals surface area (Å²) in [4.78, 5) is 40.0. The monoisotopic (exact) mass is 433 g/mol. The Labute approximate surface area is 184 Å². The van der Waals surface area contributed by atoms with Crippen molar-refractivity contribution in [2.75, 3.05) is 11.5 Å². The molecule has 0 unspecified atom stereocenters. The van der Waals surface area contributed by atoms with Crippen LogP contribution in [0.25, 0.3) is 0 Å². The number of benzene rings is 2. The number of hydrogen-bond acceptors (Lipinski definition) is 4. The fourth-order valence-electron chi connectivity index (χ4n) is 5.77. The van der Waals surface area contributed by atoms with E-state index in [-0.39, 0.29) is 47.9 Å². The summed E-state index contributed by atoms with van der Waals surface area (Å²) >= 11 is 5.85. The molecule has 156 valence electrons. The predicted molar refractivity (Wildman–Crippen MR) is 115 cm³/mol. The van der Waals surface area contributed by atoms with E-state index in [0.29, 0.717) is 33.9 Å². The fraction of sp³-hybridized carbons (Fsp3) is 0.320. The van der Waals surface area contributed by atoms with Crippen LogP contribution in [0, 0.1) is 35.5 Å². The minimum Gasteiger partial charge on any atom is -0.485 e. The van der Waals surface area contributed by atoms with Crippen molar-refractivity contribution in [1.29, 1.82) is 0 Å². The second kappa shape index (κ2) is 6.79. The van der Waals surface area contributed by atoms with Gasteiger partial charge in [0.25, 0.3) is 0 Å². The van der Waals surface area contributed by atoms with Crippen LogP contribution in [-0.2, 0) is 9.59 Å². The summed E-state index contributed by atoms with van der Waals surface area (Å²) < 4.78 is 5.60. The molecular weight excluding hydrogens is 414 g/mol. The summed E-state index contributed by atoms with van der Waals surface area (Å²) in [7, 11) is 0. The van der Waals surface area contributed by atoms with E-state index in [1.54, 1.807) is 48.5 Å². The van der Waals surface area contributed by atoms with E-state index in [0.717, 1.165) is 6.42 Å². The van der Waals surface area contributed by atoms with Crippen LogP contribution in [0.15, 0.2) is 60.7 Å². The summed E-state index contributed by atoms with van der Waals surface area (Å²) in [6.45, 7) is -0.107. The van der Waals surface area contributed by atoms with Gasteiger partial charge in [-0.2, -0.15) is 0 Å². The topological polar surface area (TPSA) is 63.7 Å². The molecule has 0 radical (unpaired) electrons. The lowest BCUT2D eigenvalue weighted by atomic mass is 9.63. The van der Waals surface area contributed by atoms with Crippen LogP contribution < -0.4 is 9.64 Å². The smallest absolute Gasteiger partial charge is 0.238 e. The Bertz CT molecular complexity index is 1090. The molecule has 0 N–H and O–H groups in total. The third-order valence-electron chi connectivity index (χ3n) is 7.29. The first-order valence-corrected chi connectivity index (χ1v) is 11.0. The van der Waals surface area contributed by atoms with Crippen LogP contribution in [0.4, 0.5) is 5.69 Å². The summed E-state index contributed by atoms with van der Waals surface area (Å²) in [6.07, 6.45) is 5.49. The van der Waals surface area contributed by atoms with Crippen LogP contribution >= 0.6 is 11.6 Å². The quantitative estimate of drug-likeness (QED) is 0.403. The molecule has 2 aromatic rings. The first-order chi connectivity index (χ1) is 15.0. The maximum Gasteiger partial charge on any atom is 0.238 e. The van der Waals surface area contributed by atoms with Crippen molar-refractivity contribution in [2.45, 2.75) is 6.42 Å². The number of ether oxygens (including phenoxy) is 1. The van der Waals surface area contributed by atoms with Crippen LogP contribution in [0.5, 0.6) is 5.75 Å². The zero-order chi connectivity index (χ0) is 21.3. The Morgan fingerprint density at radius 1 is 0.903 bits per heavy atom. The van der Waals surface area contributed by atoms with Crippen LogP contribution in [0.2, 0.25) is 5.02 Å². The van der Waals surface area contributed by atoms with Gasteiger partial charge in [-0.05, 0) is 78.6 Å². The lowest BCUT2D eigenvalue weighted by Gasteiger charge is -2.37. The summed E-state index contributed by atoms with van der Waals surface area (Å²) in [5.74, 6) is 1.37. The van der Waals surface area contributed by atoms with Crippen molar-refractivity contribution in [3.63, 3.8) is 0 Å². The molecule has 2 saturated carbocycles. The summed E-state index contributed by atoms with van der Waals surface area (Å²) in [5, 5.41) is 0.569. The van der Waals surface area contributed by atoms with Crippen molar-refractivity contribution in [3.05, 3.63) is 71.3 Å². The molecule has 0 spiro atoms. The van der Waals surface area contributed by atoms with Crippen molar-refractivity contribution in [1.82, 2.24) is 0 Å². The largest absolute Gasteiger partial charge is 0.485 e. The number of amides is 2. The van der Waals surface area contributed by atoms with Crippen LogP contribution in [0.1, 0.15) is 16.8 Å². The number of Topliss-reactive ketones (excluding diaryl/α,β-unsaturated/α-hetero) is 1. The Morgan fingerprint density at radius 2 is 1.48 bits per heavy atom. The van der Waals surface area contributed by atoms with Gasteiger partial charge in [-0.25, -0.2) is 0 Å². The van der Waals surface area contributed by atoms with Gasteiger partial charge in [0, 0.05) is 10.6 Å². The molecule has 5 aliphatic rings. The molecule has 6 heteroatoms. The number of carbonyl (C=O) groups is 3. The highest BCUT2D eigenvalue weighted by atomic mass is 35.5. The highest BCUT2D eigenvalue weighted by molar-refractivity contribution is 6.30. The Hall–Kier alpha value is -2.92. The van der Waals surface area contributed by atoms with Gasteiger partial charge in [-0.1, -0.05) is 23.8 Å². The van der Waals surface area contributed by atoms with Gasteiger partial charge in [0.1, 0.15) is 5.75 Å². The molecule has 7 rings (SSSR count). The van der Waals surface area contributed by atoms with Gasteiger partial charge in [0.15, 0.2) is 12.4 Å². The minimum absolute atomic E-state index is 0.0775. The van der Waals surface area contributed by atoms with E-state index < -0.39 is 0 Å². The summed E-state index contributed by atoms with van der Waals surface area (Å²) in [5.41, 5.74) is 1.09. The van der Waals surface area contributed by atoms with Crippen molar-refractivity contribution in [2.24, 2.45) is 35.5 Å². The SMILES string of the molecule is O=C(COc1ccc(N2C(=O)[C@H]3[C@@H]4C=C[C@H]([C@H]5C[C@H]45)[C@@H]3C2=O)cc1)c1ccc(Cl)cc1. The standard InChI is InChI=1S/C25H20ClNO4/c26-14-3-1-13(2-4-14)21(28)12-31-16-7-5-15(6-8-16)27-24(29)22-17-9-10-18(20-11-19(17)20)23(22)25(27)30/h1-10,17-20,22-23H,11-12H2/t17-,18-,19-,20-,22+,23+/m1/s1. The van der Waals surface area contributed by atoms with E-state index in [2.05, 4.69) is 12.2 Å².